The molecule has 0 aliphatic heterocycles. The van der Waals surface area contributed by atoms with Crippen LogP contribution < -0.4 is 15.5 Å². The van der Waals surface area contributed by atoms with E-state index in [0.717, 1.165) is 16.2 Å². The Bertz CT molecular complexity index is 668. The fraction of sp³-hybridized carbons (Fsp3) is 0.368. The molecular weight excluding hydrogens is 318 g/mol. The Hall–Kier alpha value is -2.60. The Morgan fingerprint density at radius 2 is 1.84 bits per heavy atom. The molecule has 2 atom stereocenters. The van der Waals surface area contributed by atoms with Gasteiger partial charge in [-0.05, 0) is 17.7 Å². The van der Waals surface area contributed by atoms with Crippen LogP contribution in [0.5, 0.6) is 0 Å². The second kappa shape index (κ2) is 9.03. The fourth-order valence-electron chi connectivity index (χ4n) is 2.74. The lowest BCUT2D eigenvalue weighted by molar-refractivity contribution is -0.891. The zero-order valence-corrected chi connectivity index (χ0v) is 14.9. The van der Waals surface area contributed by atoms with Gasteiger partial charge in [0, 0.05) is 6.92 Å². The van der Waals surface area contributed by atoms with Gasteiger partial charge >= 0.3 is 0 Å². The summed E-state index contributed by atoms with van der Waals surface area (Å²) < 4.78 is 5.46. The van der Waals surface area contributed by atoms with Gasteiger partial charge in [-0.1, -0.05) is 30.3 Å². The number of nitrogens with one attached hydrogen (secondary N) is 3. The van der Waals surface area contributed by atoms with Crippen LogP contribution in [0.25, 0.3) is 0 Å². The first kappa shape index (κ1) is 18.7. The minimum absolute atomic E-state index is 0.0369. The molecule has 0 radical (unpaired) electrons. The highest BCUT2D eigenvalue weighted by atomic mass is 16.3. The van der Waals surface area contributed by atoms with Crippen LogP contribution in [0.2, 0.25) is 0 Å². The van der Waals surface area contributed by atoms with E-state index in [4.69, 9.17) is 4.42 Å². The van der Waals surface area contributed by atoms with Crippen molar-refractivity contribution in [1.82, 2.24) is 10.6 Å². The monoisotopic (exact) mass is 344 g/mol. The average Bonchev–Trinajstić information content (AvgIpc) is 3.08. The summed E-state index contributed by atoms with van der Waals surface area (Å²) in [6.45, 7) is 1.92. The van der Waals surface area contributed by atoms with E-state index in [-0.39, 0.29) is 30.3 Å². The molecule has 0 fully saturated rings. The highest BCUT2D eigenvalue weighted by molar-refractivity contribution is 5.79. The smallest absolute Gasteiger partial charge is 0.222 e. The van der Waals surface area contributed by atoms with E-state index in [9.17, 15) is 9.59 Å². The van der Waals surface area contributed by atoms with E-state index in [1.807, 2.05) is 56.6 Å². The molecule has 25 heavy (non-hydrogen) atoms. The SMILES string of the molecule is CC(=O)N[C@H](CC(=O)NC[C@H](c1ccco1)[NH+](C)C)c1ccccc1. The zero-order chi connectivity index (χ0) is 18.2. The Morgan fingerprint density at radius 1 is 1.12 bits per heavy atom. The van der Waals surface area contributed by atoms with Crippen LogP contribution in [0.1, 0.15) is 36.8 Å². The standard InChI is InChI=1S/C19H25N3O3/c1-14(23)21-16(15-8-5-4-6-9-15)12-19(24)20-13-17(22(2)3)18-10-7-11-25-18/h4-11,16-17H,12-13H2,1-3H3,(H,20,24)(H,21,23)/p+1/t16-,17-/m1/s1. The number of hydrogen-bond donors (Lipinski definition) is 3. The predicted molar refractivity (Wildman–Crippen MR) is 94.9 cm³/mol. The maximum atomic E-state index is 12.4. The Balaban J connectivity index is 1.97. The zero-order valence-electron chi connectivity index (χ0n) is 14.9. The van der Waals surface area contributed by atoms with Crippen molar-refractivity contribution in [2.45, 2.75) is 25.4 Å². The summed E-state index contributed by atoms with van der Waals surface area (Å²) >= 11 is 0. The number of amides is 2. The van der Waals surface area contributed by atoms with Crippen molar-refractivity contribution in [3.63, 3.8) is 0 Å². The normalized spacial score (nSPS) is 13.3. The molecule has 2 amide bonds. The molecule has 3 N–H and O–H groups in total. The number of rotatable bonds is 8. The third-order valence-electron chi connectivity index (χ3n) is 4.06. The van der Waals surface area contributed by atoms with Crippen molar-refractivity contribution >= 4 is 11.8 Å². The van der Waals surface area contributed by atoms with Crippen molar-refractivity contribution < 1.29 is 18.9 Å². The summed E-state index contributed by atoms with van der Waals surface area (Å²) in [6.07, 6.45) is 1.83. The highest BCUT2D eigenvalue weighted by Crippen LogP contribution is 2.16. The minimum atomic E-state index is -0.340. The molecule has 2 rings (SSSR count). The molecule has 0 aliphatic rings. The van der Waals surface area contributed by atoms with Crippen molar-refractivity contribution in [2.75, 3.05) is 20.6 Å². The topological polar surface area (TPSA) is 75.8 Å². The molecule has 6 nitrogen and oxygen atoms in total. The Morgan fingerprint density at radius 3 is 2.40 bits per heavy atom. The van der Waals surface area contributed by atoms with Crippen molar-refractivity contribution in [3.8, 4) is 0 Å². The second-order valence-corrected chi connectivity index (χ2v) is 6.32. The summed E-state index contributed by atoms with van der Waals surface area (Å²) in [5, 5.41) is 5.80. The van der Waals surface area contributed by atoms with E-state index in [1.54, 1.807) is 6.26 Å². The number of likely N-dealkylation sites (N-methyl/N-ethyl adjacent to an activating group) is 1. The number of carbonyl (C=O) groups excluding carboxylic acids is 2. The quantitative estimate of drug-likeness (QED) is 0.664. The van der Waals surface area contributed by atoms with E-state index in [2.05, 4.69) is 10.6 Å². The van der Waals surface area contributed by atoms with Crippen LogP contribution in [0.15, 0.2) is 53.1 Å². The van der Waals surface area contributed by atoms with Gasteiger partial charge < -0.3 is 20.0 Å². The summed E-state index contributed by atoms with van der Waals surface area (Å²) in [5.41, 5.74) is 0.911. The first-order valence-electron chi connectivity index (χ1n) is 8.39. The molecule has 1 aromatic heterocycles. The number of benzene rings is 1. The van der Waals surface area contributed by atoms with Gasteiger partial charge in [0.25, 0.3) is 0 Å². The second-order valence-electron chi connectivity index (χ2n) is 6.32. The number of quaternary nitrogens is 1. The molecule has 1 heterocycles. The molecule has 6 heteroatoms. The Kier molecular flexibility index (Phi) is 6.77. The lowest BCUT2D eigenvalue weighted by Crippen LogP contribution is -3.07. The van der Waals surface area contributed by atoms with E-state index < -0.39 is 0 Å². The van der Waals surface area contributed by atoms with Crippen molar-refractivity contribution in [2.24, 2.45) is 0 Å². The molecular formula is C19H26N3O3+. The Labute approximate surface area is 148 Å². The molecule has 0 bridgehead atoms. The average molecular weight is 344 g/mol. The minimum Gasteiger partial charge on any atom is -0.463 e. The van der Waals surface area contributed by atoms with Gasteiger partial charge in [-0.15, -0.1) is 0 Å². The predicted octanol–water partition coefficient (Wildman–Crippen LogP) is 0.849. The summed E-state index contributed by atoms with van der Waals surface area (Å²) in [4.78, 5) is 25.0. The first-order valence-corrected chi connectivity index (χ1v) is 8.39. The third-order valence-corrected chi connectivity index (χ3v) is 4.06. The van der Waals surface area contributed by atoms with E-state index in [0.29, 0.717) is 6.54 Å². The van der Waals surface area contributed by atoms with Gasteiger partial charge in [-0.25, -0.2) is 0 Å². The third kappa shape index (κ3) is 5.76. The lowest BCUT2D eigenvalue weighted by Gasteiger charge is -2.21. The fourth-order valence-corrected chi connectivity index (χ4v) is 2.74. The van der Waals surface area contributed by atoms with Gasteiger partial charge in [0.2, 0.25) is 11.8 Å². The van der Waals surface area contributed by atoms with Crippen molar-refractivity contribution in [3.05, 3.63) is 60.1 Å². The van der Waals surface area contributed by atoms with Crippen LogP contribution in [-0.2, 0) is 9.59 Å². The molecule has 1 aromatic carbocycles. The molecule has 0 spiro atoms. The lowest BCUT2D eigenvalue weighted by atomic mass is 10.0. The summed E-state index contributed by atoms with van der Waals surface area (Å²) in [6, 6.07) is 13.0. The van der Waals surface area contributed by atoms with Crippen molar-refractivity contribution in [1.29, 1.82) is 0 Å². The molecule has 0 saturated heterocycles. The van der Waals surface area contributed by atoms with Gasteiger partial charge in [-0.3, -0.25) is 9.59 Å². The van der Waals surface area contributed by atoms with Gasteiger partial charge in [-0.2, -0.15) is 0 Å². The molecule has 134 valence electrons. The number of carbonyl (C=O) groups is 2. The maximum Gasteiger partial charge on any atom is 0.222 e. The van der Waals surface area contributed by atoms with Crippen LogP contribution >= 0.6 is 0 Å². The number of hydrogen-bond acceptors (Lipinski definition) is 3. The summed E-state index contributed by atoms with van der Waals surface area (Å²) in [7, 11) is 4.03. The van der Waals surface area contributed by atoms with Crippen LogP contribution in [-0.4, -0.2) is 32.5 Å². The van der Waals surface area contributed by atoms with Gasteiger partial charge in [0.1, 0.15) is 0 Å². The molecule has 0 unspecified atom stereocenters. The van der Waals surface area contributed by atoms with Crippen LogP contribution in [0.3, 0.4) is 0 Å². The molecule has 2 aromatic rings. The van der Waals surface area contributed by atoms with Crippen LogP contribution in [0, 0.1) is 0 Å². The van der Waals surface area contributed by atoms with Gasteiger partial charge in [0.15, 0.2) is 11.8 Å². The van der Waals surface area contributed by atoms with Gasteiger partial charge in [0.05, 0.1) is 39.4 Å². The summed E-state index contributed by atoms with van der Waals surface area (Å²) in [5.74, 6) is 0.565. The van der Waals surface area contributed by atoms with Crippen LogP contribution in [0.4, 0.5) is 0 Å². The molecule has 0 saturated carbocycles. The number of furan rings is 1. The largest absolute Gasteiger partial charge is 0.463 e. The van der Waals surface area contributed by atoms with E-state index >= 15 is 0 Å². The molecule has 0 aliphatic carbocycles. The maximum absolute atomic E-state index is 12.4. The van der Waals surface area contributed by atoms with E-state index in [1.165, 1.54) is 6.92 Å². The first-order chi connectivity index (χ1) is 12.0. The highest BCUT2D eigenvalue weighted by Gasteiger charge is 2.23.